The van der Waals surface area contributed by atoms with Gasteiger partial charge in [0.15, 0.2) is 0 Å². The average Bonchev–Trinajstić information content (AvgIpc) is 3.36. The molecule has 5 nitrogen and oxygen atoms in total. The van der Waals surface area contributed by atoms with E-state index in [1.807, 2.05) is 31.2 Å². The molecule has 0 bridgehead atoms. The van der Waals surface area contributed by atoms with Crippen molar-refractivity contribution in [3.8, 4) is 0 Å². The molecule has 24 heavy (non-hydrogen) atoms. The predicted octanol–water partition coefficient (Wildman–Crippen LogP) is 2.89. The van der Waals surface area contributed by atoms with E-state index in [9.17, 15) is 9.59 Å². The number of nitrogens with zero attached hydrogens (tertiary/aromatic N) is 2. The fraction of sp³-hybridized carbons (Fsp3) is 0.368. The Morgan fingerprint density at radius 2 is 1.92 bits per heavy atom. The van der Waals surface area contributed by atoms with Crippen molar-refractivity contribution < 1.29 is 4.79 Å². The van der Waals surface area contributed by atoms with Crippen LogP contribution in [-0.4, -0.2) is 29.1 Å². The zero-order chi connectivity index (χ0) is 17.3. The molecule has 5 heteroatoms. The van der Waals surface area contributed by atoms with Crippen molar-refractivity contribution in [1.82, 2.24) is 9.47 Å². The highest BCUT2D eigenvalue weighted by molar-refractivity contribution is 5.89. The van der Waals surface area contributed by atoms with Crippen LogP contribution < -0.4 is 10.9 Å². The van der Waals surface area contributed by atoms with Crippen molar-refractivity contribution in [2.45, 2.75) is 25.2 Å². The third-order valence-corrected chi connectivity index (χ3v) is 4.83. The molecule has 1 aliphatic rings. The number of likely N-dealkylation sites (N-methyl/N-ethyl adjacent to an activating group) is 1. The third-order valence-electron chi connectivity index (χ3n) is 4.83. The highest BCUT2D eigenvalue weighted by Gasteiger charge is 2.45. The maximum Gasteiger partial charge on any atom is 0.321 e. The second-order valence-corrected chi connectivity index (χ2v) is 6.72. The van der Waals surface area contributed by atoms with Crippen molar-refractivity contribution in [1.29, 1.82) is 0 Å². The summed E-state index contributed by atoms with van der Waals surface area (Å²) < 4.78 is 1.47. The number of pyridine rings is 1. The maximum absolute atomic E-state index is 12.5. The summed E-state index contributed by atoms with van der Waals surface area (Å²) in [7, 11) is 3.46. The molecule has 126 valence electrons. The molecule has 1 heterocycles. The maximum atomic E-state index is 12.5. The number of benzene rings is 1. The van der Waals surface area contributed by atoms with E-state index >= 15 is 0 Å². The smallest absolute Gasteiger partial charge is 0.321 e. The lowest BCUT2D eigenvalue weighted by atomic mass is 9.95. The lowest BCUT2D eigenvalue weighted by molar-refractivity contribution is 0.218. The minimum Gasteiger partial charge on any atom is -0.327 e. The number of aryl methyl sites for hydroxylation is 2. The van der Waals surface area contributed by atoms with Gasteiger partial charge in [0.1, 0.15) is 5.69 Å². The van der Waals surface area contributed by atoms with E-state index in [4.69, 9.17) is 0 Å². The zero-order valence-corrected chi connectivity index (χ0v) is 14.4. The first-order valence-corrected chi connectivity index (χ1v) is 8.17. The Hall–Kier alpha value is -2.56. The zero-order valence-electron chi connectivity index (χ0n) is 14.4. The summed E-state index contributed by atoms with van der Waals surface area (Å²) in [6, 6.07) is 11.9. The molecule has 0 radical (unpaired) electrons. The van der Waals surface area contributed by atoms with Crippen molar-refractivity contribution in [2.75, 3.05) is 18.9 Å². The standard InChI is InChI=1S/C19H23N3O2/c1-14-9-12-21(2)17(23)16(14)20-18(24)22(3)13-19(10-11-19)15-7-5-4-6-8-15/h4-9,12H,10-11,13H2,1-3H3,(H,20,24). The van der Waals surface area contributed by atoms with Crippen molar-refractivity contribution >= 4 is 11.7 Å². The van der Waals surface area contributed by atoms with E-state index in [1.54, 1.807) is 25.2 Å². The van der Waals surface area contributed by atoms with Gasteiger partial charge in [0, 0.05) is 32.3 Å². The lowest BCUT2D eigenvalue weighted by Crippen LogP contribution is -2.39. The SMILES string of the molecule is Cc1ccn(C)c(=O)c1NC(=O)N(C)CC1(c2ccccc2)CC1. The van der Waals surface area contributed by atoms with Crippen LogP contribution in [0.1, 0.15) is 24.0 Å². The monoisotopic (exact) mass is 325 g/mol. The fourth-order valence-corrected chi connectivity index (χ4v) is 3.08. The molecule has 3 rings (SSSR count). The van der Waals surface area contributed by atoms with Gasteiger partial charge in [-0.25, -0.2) is 4.79 Å². The number of carbonyl (C=O) groups is 1. The Balaban J connectivity index is 1.73. The average molecular weight is 325 g/mol. The Bertz CT molecular complexity index is 807. The number of hydrogen-bond donors (Lipinski definition) is 1. The molecule has 1 N–H and O–H groups in total. The number of anilines is 1. The van der Waals surface area contributed by atoms with Crippen LogP contribution in [-0.2, 0) is 12.5 Å². The minimum absolute atomic E-state index is 0.0596. The molecule has 0 saturated heterocycles. The van der Waals surface area contributed by atoms with Crippen LogP contribution in [0.4, 0.5) is 10.5 Å². The molecule has 1 aliphatic carbocycles. The predicted molar refractivity (Wildman–Crippen MR) is 95.4 cm³/mol. The van der Waals surface area contributed by atoms with Crippen LogP contribution in [0.3, 0.4) is 0 Å². The summed E-state index contributed by atoms with van der Waals surface area (Å²) in [6.07, 6.45) is 3.87. The molecule has 2 amide bonds. The number of rotatable bonds is 4. The van der Waals surface area contributed by atoms with Gasteiger partial charge in [-0.1, -0.05) is 30.3 Å². The lowest BCUT2D eigenvalue weighted by Gasteiger charge is -2.25. The quantitative estimate of drug-likeness (QED) is 0.940. The van der Waals surface area contributed by atoms with Gasteiger partial charge in [-0.15, -0.1) is 0 Å². The van der Waals surface area contributed by atoms with E-state index in [-0.39, 0.29) is 17.0 Å². The summed E-state index contributed by atoms with van der Waals surface area (Å²) in [5, 5.41) is 2.77. The molecular formula is C19H23N3O2. The van der Waals surface area contributed by atoms with E-state index in [0.717, 1.165) is 18.4 Å². The van der Waals surface area contributed by atoms with Gasteiger partial charge >= 0.3 is 6.03 Å². The number of amides is 2. The molecule has 2 aromatic rings. The topological polar surface area (TPSA) is 54.3 Å². The Morgan fingerprint density at radius 1 is 1.25 bits per heavy atom. The number of aromatic nitrogens is 1. The summed E-state index contributed by atoms with van der Waals surface area (Å²) in [5.41, 5.74) is 2.26. The highest BCUT2D eigenvalue weighted by atomic mass is 16.2. The summed E-state index contributed by atoms with van der Waals surface area (Å²) in [6.45, 7) is 2.47. The van der Waals surface area contributed by atoms with Gasteiger partial charge in [0.2, 0.25) is 0 Å². The summed E-state index contributed by atoms with van der Waals surface area (Å²) in [5.74, 6) is 0. The molecule has 0 spiro atoms. The number of nitrogens with one attached hydrogen (secondary N) is 1. The van der Waals surface area contributed by atoms with E-state index in [2.05, 4.69) is 17.4 Å². The second-order valence-electron chi connectivity index (χ2n) is 6.72. The van der Waals surface area contributed by atoms with Crippen LogP contribution in [0.5, 0.6) is 0 Å². The van der Waals surface area contributed by atoms with Gasteiger partial charge in [-0.3, -0.25) is 4.79 Å². The molecule has 1 saturated carbocycles. The molecule has 1 fully saturated rings. The van der Waals surface area contributed by atoms with Crippen LogP contribution in [0.25, 0.3) is 0 Å². The first-order valence-electron chi connectivity index (χ1n) is 8.17. The van der Waals surface area contributed by atoms with Crippen LogP contribution >= 0.6 is 0 Å². The minimum atomic E-state index is -0.247. The third kappa shape index (κ3) is 3.07. The molecule has 1 aromatic carbocycles. The van der Waals surface area contributed by atoms with Crippen molar-refractivity contribution in [2.24, 2.45) is 7.05 Å². The van der Waals surface area contributed by atoms with Gasteiger partial charge in [0.25, 0.3) is 5.56 Å². The summed E-state index contributed by atoms with van der Waals surface area (Å²) in [4.78, 5) is 26.4. The molecular weight excluding hydrogens is 302 g/mol. The number of hydrogen-bond acceptors (Lipinski definition) is 2. The van der Waals surface area contributed by atoms with Crippen molar-refractivity contribution in [3.05, 3.63) is 64.1 Å². The van der Waals surface area contributed by atoms with Crippen molar-refractivity contribution in [3.63, 3.8) is 0 Å². The first kappa shape index (κ1) is 16.3. The largest absolute Gasteiger partial charge is 0.327 e. The Kier molecular flexibility index (Phi) is 4.18. The molecule has 0 atom stereocenters. The number of urea groups is 1. The van der Waals surface area contributed by atoms with E-state index < -0.39 is 0 Å². The second kappa shape index (κ2) is 6.15. The molecule has 0 aliphatic heterocycles. The Labute approximate surface area is 141 Å². The van der Waals surface area contributed by atoms with Crippen LogP contribution in [0, 0.1) is 6.92 Å². The van der Waals surface area contributed by atoms with E-state index in [0.29, 0.717) is 12.2 Å². The Morgan fingerprint density at radius 3 is 2.54 bits per heavy atom. The van der Waals surface area contributed by atoms with Gasteiger partial charge in [0.05, 0.1) is 0 Å². The molecule has 1 aromatic heterocycles. The summed E-state index contributed by atoms with van der Waals surface area (Å²) >= 11 is 0. The van der Waals surface area contributed by atoms with Crippen LogP contribution in [0.15, 0.2) is 47.4 Å². The van der Waals surface area contributed by atoms with Crippen LogP contribution in [0.2, 0.25) is 0 Å². The first-order chi connectivity index (χ1) is 11.4. The van der Waals surface area contributed by atoms with Gasteiger partial charge in [-0.05, 0) is 37.0 Å². The van der Waals surface area contributed by atoms with E-state index in [1.165, 1.54) is 10.1 Å². The van der Waals surface area contributed by atoms with Gasteiger partial charge < -0.3 is 14.8 Å². The normalized spacial score (nSPS) is 15.0. The van der Waals surface area contributed by atoms with Gasteiger partial charge in [-0.2, -0.15) is 0 Å². The highest BCUT2D eigenvalue weighted by Crippen LogP contribution is 2.48. The molecule has 0 unspecified atom stereocenters. The number of carbonyl (C=O) groups excluding carboxylic acids is 1. The fourth-order valence-electron chi connectivity index (χ4n) is 3.08.